The van der Waals surface area contributed by atoms with E-state index in [-0.39, 0.29) is 0 Å². The molecule has 0 radical (unpaired) electrons. The van der Waals surface area contributed by atoms with Gasteiger partial charge >= 0.3 is 0 Å². The molecule has 0 saturated carbocycles. The molecule has 0 aliphatic heterocycles. The molecule has 0 unspecified atom stereocenters. The first-order valence-corrected chi connectivity index (χ1v) is 5.51. The molecule has 0 bridgehead atoms. The van der Waals surface area contributed by atoms with Gasteiger partial charge in [-0.2, -0.15) is 0 Å². The van der Waals surface area contributed by atoms with Crippen LogP contribution in [-0.4, -0.2) is 35.0 Å². The lowest BCUT2D eigenvalue weighted by Crippen LogP contribution is -2.24. The average molecular weight is 208 g/mol. The van der Waals surface area contributed by atoms with Gasteiger partial charge in [0.15, 0.2) is 0 Å². The number of hydrogen-bond acceptors (Lipinski definition) is 4. The largest absolute Gasteiger partial charge is 0.372 e. The lowest BCUT2D eigenvalue weighted by atomic mass is 10.3. The highest BCUT2D eigenvalue weighted by atomic mass is 15.1. The van der Waals surface area contributed by atoms with Crippen LogP contribution in [0.5, 0.6) is 0 Å². The van der Waals surface area contributed by atoms with Gasteiger partial charge in [-0.1, -0.05) is 13.8 Å². The summed E-state index contributed by atoms with van der Waals surface area (Å²) in [7, 11) is 1.85. The van der Waals surface area contributed by atoms with Gasteiger partial charge in [0.1, 0.15) is 5.82 Å². The molecule has 1 N–H and O–H groups in total. The number of hydrogen-bond donors (Lipinski definition) is 1. The van der Waals surface area contributed by atoms with Crippen molar-refractivity contribution in [3.8, 4) is 0 Å². The van der Waals surface area contributed by atoms with Crippen LogP contribution in [0.2, 0.25) is 0 Å². The van der Waals surface area contributed by atoms with Crippen LogP contribution in [-0.2, 0) is 6.54 Å². The summed E-state index contributed by atoms with van der Waals surface area (Å²) in [5.74, 6) is 0.817. The fraction of sp³-hybridized carbons (Fsp3) is 0.636. The van der Waals surface area contributed by atoms with E-state index in [1.165, 1.54) is 6.42 Å². The van der Waals surface area contributed by atoms with E-state index in [2.05, 4.69) is 34.0 Å². The van der Waals surface area contributed by atoms with Crippen LogP contribution in [0.4, 0.5) is 5.82 Å². The molecule has 15 heavy (non-hydrogen) atoms. The maximum Gasteiger partial charge on any atom is 0.144 e. The van der Waals surface area contributed by atoms with Crippen molar-refractivity contribution in [3.05, 3.63) is 18.1 Å². The van der Waals surface area contributed by atoms with E-state index in [1.54, 1.807) is 6.20 Å². The van der Waals surface area contributed by atoms with E-state index in [4.69, 9.17) is 0 Å². The summed E-state index contributed by atoms with van der Waals surface area (Å²) in [6, 6.07) is 0. The Morgan fingerprint density at radius 2 is 2.07 bits per heavy atom. The first-order valence-electron chi connectivity index (χ1n) is 5.51. The predicted molar refractivity (Wildman–Crippen MR) is 62.8 cm³/mol. The molecule has 1 rings (SSSR count). The molecule has 84 valence electrons. The quantitative estimate of drug-likeness (QED) is 0.773. The molecule has 1 aromatic heterocycles. The number of anilines is 1. The minimum atomic E-state index is 0.817. The van der Waals surface area contributed by atoms with Crippen LogP contribution in [0.15, 0.2) is 12.4 Å². The number of rotatable bonds is 6. The first-order chi connectivity index (χ1) is 7.30. The van der Waals surface area contributed by atoms with Gasteiger partial charge in [-0.15, -0.1) is 0 Å². The Kier molecular flexibility index (Phi) is 5.04. The summed E-state index contributed by atoms with van der Waals surface area (Å²) in [4.78, 5) is 11.0. The zero-order valence-electron chi connectivity index (χ0n) is 9.82. The van der Waals surface area contributed by atoms with Crippen molar-refractivity contribution in [2.75, 3.05) is 25.5 Å². The molecule has 0 atom stereocenters. The fourth-order valence-electron chi connectivity index (χ4n) is 1.46. The maximum atomic E-state index is 4.35. The Labute approximate surface area is 91.7 Å². The average Bonchev–Trinajstić information content (AvgIpc) is 2.29. The second-order valence-electron chi connectivity index (χ2n) is 3.51. The van der Waals surface area contributed by atoms with E-state index in [0.717, 1.165) is 31.1 Å². The molecular formula is C11H20N4. The van der Waals surface area contributed by atoms with Crippen LogP contribution in [0.25, 0.3) is 0 Å². The van der Waals surface area contributed by atoms with E-state index in [9.17, 15) is 0 Å². The molecule has 0 aromatic carbocycles. The van der Waals surface area contributed by atoms with Gasteiger partial charge in [0.2, 0.25) is 0 Å². The summed E-state index contributed by atoms with van der Waals surface area (Å²) >= 11 is 0. The van der Waals surface area contributed by atoms with Crippen molar-refractivity contribution in [2.45, 2.75) is 26.8 Å². The van der Waals surface area contributed by atoms with E-state index in [0.29, 0.717) is 0 Å². The number of aromatic nitrogens is 2. The standard InChI is InChI=1S/C11H20N4/c1-4-6-15(5-2)9-10-7-14-11(12-3)8-13-10/h7-8H,4-6,9H2,1-3H3,(H,12,14). The van der Waals surface area contributed by atoms with Crippen molar-refractivity contribution >= 4 is 5.82 Å². The lowest BCUT2D eigenvalue weighted by Gasteiger charge is -2.18. The third kappa shape index (κ3) is 3.83. The molecule has 4 heteroatoms. The van der Waals surface area contributed by atoms with Crippen LogP contribution in [0.3, 0.4) is 0 Å². The Bertz CT molecular complexity index is 270. The predicted octanol–water partition coefficient (Wildman–Crippen LogP) is 1.75. The number of nitrogens with one attached hydrogen (secondary N) is 1. The van der Waals surface area contributed by atoms with Gasteiger partial charge in [-0.25, -0.2) is 4.98 Å². The molecular weight excluding hydrogens is 188 g/mol. The third-order valence-corrected chi connectivity index (χ3v) is 2.33. The first kappa shape index (κ1) is 11.9. The minimum Gasteiger partial charge on any atom is -0.372 e. The summed E-state index contributed by atoms with van der Waals surface area (Å²) < 4.78 is 0. The Morgan fingerprint density at radius 3 is 2.53 bits per heavy atom. The topological polar surface area (TPSA) is 41.1 Å². The van der Waals surface area contributed by atoms with E-state index >= 15 is 0 Å². The van der Waals surface area contributed by atoms with Gasteiger partial charge in [0.05, 0.1) is 18.1 Å². The van der Waals surface area contributed by atoms with Crippen LogP contribution in [0.1, 0.15) is 26.0 Å². The minimum absolute atomic E-state index is 0.817. The summed E-state index contributed by atoms with van der Waals surface area (Å²) in [6.45, 7) is 7.43. The van der Waals surface area contributed by atoms with Crippen molar-refractivity contribution in [1.29, 1.82) is 0 Å². The second-order valence-corrected chi connectivity index (χ2v) is 3.51. The zero-order chi connectivity index (χ0) is 11.1. The van der Waals surface area contributed by atoms with Crippen LogP contribution >= 0.6 is 0 Å². The van der Waals surface area contributed by atoms with Gasteiger partial charge < -0.3 is 5.32 Å². The van der Waals surface area contributed by atoms with Crippen LogP contribution in [0, 0.1) is 0 Å². The van der Waals surface area contributed by atoms with Gasteiger partial charge in [0, 0.05) is 13.6 Å². The third-order valence-electron chi connectivity index (χ3n) is 2.33. The molecule has 0 aliphatic carbocycles. The van der Waals surface area contributed by atoms with Crippen molar-refractivity contribution < 1.29 is 0 Å². The monoisotopic (exact) mass is 208 g/mol. The van der Waals surface area contributed by atoms with Crippen LogP contribution < -0.4 is 5.32 Å². The highest BCUT2D eigenvalue weighted by molar-refractivity contribution is 5.29. The number of nitrogens with zero attached hydrogens (tertiary/aromatic N) is 3. The maximum absolute atomic E-state index is 4.35. The van der Waals surface area contributed by atoms with E-state index < -0.39 is 0 Å². The van der Waals surface area contributed by atoms with Gasteiger partial charge in [0.25, 0.3) is 0 Å². The van der Waals surface area contributed by atoms with Crippen molar-refractivity contribution in [3.63, 3.8) is 0 Å². The molecule has 4 nitrogen and oxygen atoms in total. The normalized spacial score (nSPS) is 10.7. The molecule has 0 aliphatic rings. The van der Waals surface area contributed by atoms with Gasteiger partial charge in [-0.3, -0.25) is 9.88 Å². The zero-order valence-corrected chi connectivity index (χ0v) is 9.82. The molecule has 0 amide bonds. The summed E-state index contributed by atoms with van der Waals surface area (Å²) in [5, 5.41) is 2.96. The Morgan fingerprint density at radius 1 is 1.27 bits per heavy atom. The van der Waals surface area contributed by atoms with E-state index in [1.807, 2.05) is 13.2 Å². The van der Waals surface area contributed by atoms with Crippen molar-refractivity contribution in [2.24, 2.45) is 0 Å². The summed E-state index contributed by atoms with van der Waals surface area (Å²) in [5.41, 5.74) is 1.03. The molecule has 0 fully saturated rings. The fourth-order valence-corrected chi connectivity index (χ4v) is 1.46. The second kappa shape index (κ2) is 6.35. The van der Waals surface area contributed by atoms with Crippen molar-refractivity contribution in [1.82, 2.24) is 14.9 Å². The van der Waals surface area contributed by atoms with Gasteiger partial charge in [-0.05, 0) is 19.5 Å². The molecule has 1 heterocycles. The highest BCUT2D eigenvalue weighted by Crippen LogP contribution is 2.03. The lowest BCUT2D eigenvalue weighted by molar-refractivity contribution is 0.277. The summed E-state index contributed by atoms with van der Waals surface area (Å²) in [6.07, 6.45) is 4.79. The Balaban J connectivity index is 2.55. The highest BCUT2D eigenvalue weighted by Gasteiger charge is 2.03. The molecule has 1 aromatic rings. The molecule has 0 spiro atoms. The smallest absolute Gasteiger partial charge is 0.144 e. The Hall–Kier alpha value is -1.16. The molecule has 0 saturated heterocycles. The SMILES string of the molecule is CCCN(CC)Cc1cnc(NC)cn1.